The summed E-state index contributed by atoms with van der Waals surface area (Å²) in [5.41, 5.74) is 19.4. The van der Waals surface area contributed by atoms with Crippen LogP contribution in [0, 0.1) is 5.92 Å². The highest BCUT2D eigenvalue weighted by atomic mass is 14.5. The fourth-order valence-electron chi connectivity index (χ4n) is 3.54. The number of hydrogen-bond acceptors (Lipinski definition) is 2. The molecule has 0 aliphatic heterocycles. The highest BCUT2D eigenvalue weighted by Crippen LogP contribution is 2.39. The zero-order valence-electron chi connectivity index (χ0n) is 14.5. The Bertz CT molecular complexity index is 721. The van der Waals surface area contributed by atoms with E-state index in [1.54, 1.807) is 0 Å². The third kappa shape index (κ3) is 3.35. The molecule has 2 aromatic rings. The summed E-state index contributed by atoms with van der Waals surface area (Å²) in [6, 6.07) is 17.3. The second kappa shape index (κ2) is 7.16. The van der Waals surface area contributed by atoms with Crippen molar-refractivity contribution < 1.29 is 0 Å². The van der Waals surface area contributed by atoms with Gasteiger partial charge < -0.3 is 11.5 Å². The van der Waals surface area contributed by atoms with Gasteiger partial charge in [-0.3, -0.25) is 0 Å². The molecule has 1 aliphatic carbocycles. The second-order valence-electron chi connectivity index (χ2n) is 6.65. The van der Waals surface area contributed by atoms with Crippen molar-refractivity contribution in [2.45, 2.75) is 32.9 Å². The molecule has 0 radical (unpaired) electrons. The number of hydrogen-bond donors (Lipinski definition) is 2. The van der Waals surface area contributed by atoms with Crippen LogP contribution in [0.3, 0.4) is 0 Å². The maximum absolute atomic E-state index is 5.86. The van der Waals surface area contributed by atoms with Crippen molar-refractivity contribution in [3.8, 4) is 0 Å². The normalized spacial score (nSPS) is 14.9. The van der Waals surface area contributed by atoms with Crippen LogP contribution in [0.1, 0.15) is 42.0 Å². The van der Waals surface area contributed by atoms with Crippen LogP contribution in [0.25, 0.3) is 0 Å². The predicted molar refractivity (Wildman–Crippen MR) is 102 cm³/mol. The predicted octanol–water partition coefficient (Wildman–Crippen LogP) is 4.26. The lowest BCUT2D eigenvalue weighted by atomic mass is 9.80. The zero-order chi connectivity index (χ0) is 17.1. The Hall–Kier alpha value is -2.16. The van der Waals surface area contributed by atoms with E-state index >= 15 is 0 Å². The van der Waals surface area contributed by atoms with Crippen LogP contribution in [-0.2, 0) is 13.1 Å². The first-order valence-corrected chi connectivity index (χ1v) is 8.57. The summed E-state index contributed by atoms with van der Waals surface area (Å²) in [4.78, 5) is 0. The zero-order valence-corrected chi connectivity index (χ0v) is 14.5. The van der Waals surface area contributed by atoms with Gasteiger partial charge in [-0.05, 0) is 36.1 Å². The maximum Gasteiger partial charge on any atom is 0.0187 e. The second-order valence-corrected chi connectivity index (χ2v) is 6.65. The van der Waals surface area contributed by atoms with Crippen molar-refractivity contribution in [3.05, 3.63) is 94.1 Å². The molecule has 0 unspecified atom stereocenters. The Morgan fingerprint density at radius 1 is 0.792 bits per heavy atom. The Balaban J connectivity index is 2.10. The molecular weight excluding hydrogens is 292 g/mol. The topological polar surface area (TPSA) is 52.0 Å². The summed E-state index contributed by atoms with van der Waals surface area (Å²) in [6.45, 7) is 5.51. The molecule has 0 heterocycles. The van der Waals surface area contributed by atoms with Crippen molar-refractivity contribution in [2.24, 2.45) is 17.4 Å². The standard InChI is InChI=1S/C22H26N2/c1-15-9-21(10-16(15)2)22(19-7-3-5-17(11-19)13-23)20-8-4-6-18(12-20)14-24/h3-12,21-22H,13-14,23-24H2,1-2H3. The van der Waals surface area contributed by atoms with Crippen LogP contribution >= 0.6 is 0 Å². The minimum atomic E-state index is 0.287. The quantitative estimate of drug-likeness (QED) is 0.865. The highest BCUT2D eigenvalue weighted by molar-refractivity contribution is 5.45. The molecule has 124 valence electrons. The molecule has 0 saturated carbocycles. The first-order valence-electron chi connectivity index (χ1n) is 8.57. The van der Waals surface area contributed by atoms with E-state index in [0.29, 0.717) is 19.0 Å². The van der Waals surface area contributed by atoms with Crippen molar-refractivity contribution >= 4 is 0 Å². The van der Waals surface area contributed by atoms with Gasteiger partial charge in [-0.2, -0.15) is 0 Å². The van der Waals surface area contributed by atoms with Gasteiger partial charge in [-0.15, -0.1) is 0 Å². The first kappa shape index (κ1) is 16.7. The number of benzene rings is 2. The summed E-state index contributed by atoms with van der Waals surface area (Å²) in [7, 11) is 0. The minimum absolute atomic E-state index is 0.287. The minimum Gasteiger partial charge on any atom is -0.326 e. The van der Waals surface area contributed by atoms with Gasteiger partial charge in [0, 0.05) is 24.9 Å². The van der Waals surface area contributed by atoms with Gasteiger partial charge in [-0.1, -0.05) is 71.8 Å². The van der Waals surface area contributed by atoms with E-state index in [1.807, 2.05) is 0 Å². The van der Waals surface area contributed by atoms with E-state index in [1.165, 1.54) is 33.4 Å². The lowest BCUT2D eigenvalue weighted by Gasteiger charge is -2.23. The molecule has 0 amide bonds. The van der Waals surface area contributed by atoms with E-state index in [9.17, 15) is 0 Å². The fourth-order valence-corrected chi connectivity index (χ4v) is 3.54. The van der Waals surface area contributed by atoms with Crippen LogP contribution in [-0.4, -0.2) is 0 Å². The van der Waals surface area contributed by atoms with Crippen LogP contribution in [0.15, 0.2) is 71.8 Å². The Labute approximate surface area is 144 Å². The van der Waals surface area contributed by atoms with Crippen LogP contribution in [0.5, 0.6) is 0 Å². The molecule has 0 bridgehead atoms. The molecule has 0 fully saturated rings. The molecule has 0 atom stereocenters. The molecule has 24 heavy (non-hydrogen) atoms. The number of rotatable bonds is 5. The summed E-state index contributed by atoms with van der Waals surface area (Å²) in [6.07, 6.45) is 4.76. The Morgan fingerprint density at radius 3 is 1.67 bits per heavy atom. The molecule has 2 heteroatoms. The smallest absolute Gasteiger partial charge is 0.0187 e. The SMILES string of the molecule is CC1=CC(C(c2cccc(CN)c2)c2cccc(CN)c2)C=C1C. The molecule has 2 aromatic carbocycles. The van der Waals surface area contributed by atoms with E-state index in [2.05, 4.69) is 74.5 Å². The largest absolute Gasteiger partial charge is 0.326 e. The van der Waals surface area contributed by atoms with Gasteiger partial charge in [0.25, 0.3) is 0 Å². The molecule has 4 N–H and O–H groups in total. The van der Waals surface area contributed by atoms with Gasteiger partial charge in [0.2, 0.25) is 0 Å². The average molecular weight is 318 g/mol. The van der Waals surface area contributed by atoms with Crippen molar-refractivity contribution in [1.29, 1.82) is 0 Å². The summed E-state index contributed by atoms with van der Waals surface area (Å²) in [5.74, 6) is 0.654. The maximum atomic E-state index is 5.86. The third-order valence-electron chi connectivity index (χ3n) is 4.98. The van der Waals surface area contributed by atoms with E-state index in [4.69, 9.17) is 11.5 Å². The molecule has 0 aromatic heterocycles. The number of nitrogens with two attached hydrogens (primary N) is 2. The lowest BCUT2D eigenvalue weighted by Crippen LogP contribution is -2.11. The average Bonchev–Trinajstić information content (AvgIpc) is 2.94. The van der Waals surface area contributed by atoms with Gasteiger partial charge in [-0.25, -0.2) is 0 Å². The van der Waals surface area contributed by atoms with Crippen LogP contribution < -0.4 is 11.5 Å². The Kier molecular flexibility index (Phi) is 4.98. The van der Waals surface area contributed by atoms with Gasteiger partial charge in [0.15, 0.2) is 0 Å². The third-order valence-corrected chi connectivity index (χ3v) is 4.98. The summed E-state index contributed by atoms with van der Waals surface area (Å²) in [5, 5.41) is 0. The monoisotopic (exact) mass is 318 g/mol. The van der Waals surface area contributed by atoms with Gasteiger partial charge in [0.05, 0.1) is 0 Å². The molecule has 0 saturated heterocycles. The molecule has 1 aliphatic rings. The number of allylic oxidation sites excluding steroid dienone is 4. The van der Waals surface area contributed by atoms with E-state index in [0.717, 1.165) is 0 Å². The van der Waals surface area contributed by atoms with E-state index in [-0.39, 0.29) is 5.92 Å². The van der Waals surface area contributed by atoms with Crippen LogP contribution in [0.4, 0.5) is 0 Å². The molecule has 2 nitrogen and oxygen atoms in total. The van der Waals surface area contributed by atoms with Crippen LogP contribution in [0.2, 0.25) is 0 Å². The Morgan fingerprint density at radius 2 is 1.25 bits per heavy atom. The molecule has 0 spiro atoms. The molecule has 3 rings (SSSR count). The van der Waals surface area contributed by atoms with Crippen molar-refractivity contribution in [2.75, 3.05) is 0 Å². The summed E-state index contributed by atoms with van der Waals surface area (Å²) < 4.78 is 0. The molecular formula is C22H26N2. The lowest BCUT2D eigenvalue weighted by molar-refractivity contribution is 0.688. The van der Waals surface area contributed by atoms with Gasteiger partial charge >= 0.3 is 0 Å². The first-order chi connectivity index (χ1) is 11.6. The highest BCUT2D eigenvalue weighted by Gasteiger charge is 2.25. The van der Waals surface area contributed by atoms with Crippen molar-refractivity contribution in [1.82, 2.24) is 0 Å². The van der Waals surface area contributed by atoms with E-state index < -0.39 is 0 Å². The van der Waals surface area contributed by atoms with Crippen molar-refractivity contribution in [3.63, 3.8) is 0 Å². The van der Waals surface area contributed by atoms with Gasteiger partial charge in [0.1, 0.15) is 0 Å². The fraction of sp³-hybridized carbons (Fsp3) is 0.273. The summed E-state index contributed by atoms with van der Waals surface area (Å²) >= 11 is 0.